The first-order valence-electron chi connectivity index (χ1n) is 11.6. The number of nitrogens with one attached hydrogen (secondary N) is 2. The number of H-pyrrole nitrogens is 1. The molecule has 8 nitrogen and oxygen atoms in total. The van der Waals surface area contributed by atoms with Crippen LogP contribution in [0.15, 0.2) is 49.1 Å². The van der Waals surface area contributed by atoms with Crippen molar-refractivity contribution >= 4 is 22.6 Å². The Morgan fingerprint density at radius 2 is 1.89 bits per heavy atom. The van der Waals surface area contributed by atoms with Crippen molar-refractivity contribution in [2.45, 2.75) is 32.5 Å². The number of nitrogens with zero attached hydrogens (tertiary/aromatic N) is 5. The lowest BCUT2D eigenvalue weighted by Crippen LogP contribution is -2.32. The fraction of sp³-hybridized carbons (Fsp3) is 0.320. The van der Waals surface area contributed by atoms with E-state index in [0.717, 1.165) is 48.4 Å². The first-order valence-corrected chi connectivity index (χ1v) is 11.6. The number of pyridine rings is 1. The number of halogens is 3. The zero-order chi connectivity index (χ0) is 25.3. The smallest absolute Gasteiger partial charge is 0.304 e. The molecule has 2 N–H and O–H groups in total. The lowest BCUT2D eigenvalue weighted by molar-refractivity contribution is -0.141. The highest BCUT2D eigenvalue weighted by Gasteiger charge is 2.32. The number of amides is 1. The molecule has 1 aromatic carbocycles. The molecule has 36 heavy (non-hydrogen) atoms. The number of rotatable bonds is 5. The second-order valence-electron chi connectivity index (χ2n) is 9.11. The van der Waals surface area contributed by atoms with Gasteiger partial charge in [-0.2, -0.15) is 18.3 Å². The summed E-state index contributed by atoms with van der Waals surface area (Å²) in [6.07, 6.45) is 2.88. The molecule has 4 heterocycles. The molecule has 3 aromatic heterocycles. The molecule has 186 valence electrons. The molecule has 1 fully saturated rings. The topological polar surface area (TPSA) is 99.7 Å². The predicted octanol–water partition coefficient (Wildman–Crippen LogP) is 4.92. The summed E-state index contributed by atoms with van der Waals surface area (Å²) in [5.74, 6) is 0.0491. The Kier molecular flexibility index (Phi) is 6.40. The average molecular weight is 496 g/mol. The predicted molar refractivity (Wildman–Crippen MR) is 128 cm³/mol. The monoisotopic (exact) mass is 495 g/mol. The second-order valence-corrected chi connectivity index (χ2v) is 9.11. The quantitative estimate of drug-likeness (QED) is 0.408. The Bertz CT molecular complexity index is 1380. The van der Waals surface area contributed by atoms with Crippen LogP contribution in [0.3, 0.4) is 0 Å². The molecule has 5 rings (SSSR count). The highest BCUT2D eigenvalue weighted by Crippen LogP contribution is 2.28. The molecule has 11 heteroatoms. The van der Waals surface area contributed by atoms with Gasteiger partial charge >= 0.3 is 6.18 Å². The van der Waals surface area contributed by atoms with E-state index in [1.165, 1.54) is 12.8 Å². The van der Waals surface area contributed by atoms with Gasteiger partial charge in [0.05, 0.1) is 17.9 Å². The molecule has 0 atom stereocenters. The molecule has 1 aliphatic rings. The first-order chi connectivity index (χ1) is 17.3. The summed E-state index contributed by atoms with van der Waals surface area (Å²) in [6, 6.07) is 7.69. The molecule has 1 amide bonds. The van der Waals surface area contributed by atoms with Crippen LogP contribution in [-0.4, -0.2) is 49.0 Å². The summed E-state index contributed by atoms with van der Waals surface area (Å²) in [7, 11) is 0. The fourth-order valence-electron chi connectivity index (χ4n) is 4.29. The molecule has 4 aromatic rings. The van der Waals surface area contributed by atoms with Crippen molar-refractivity contribution in [3.63, 3.8) is 0 Å². The van der Waals surface area contributed by atoms with Gasteiger partial charge in [-0.1, -0.05) is 13.0 Å². The van der Waals surface area contributed by atoms with Crippen molar-refractivity contribution in [1.82, 2.24) is 30.0 Å². The summed E-state index contributed by atoms with van der Waals surface area (Å²) in [5, 5.41) is 9.93. The third kappa shape index (κ3) is 5.20. The number of aromatic nitrogens is 5. The van der Waals surface area contributed by atoms with E-state index in [1.54, 1.807) is 6.20 Å². The average Bonchev–Trinajstić information content (AvgIpc) is 3.29. The van der Waals surface area contributed by atoms with Gasteiger partial charge in [0, 0.05) is 29.9 Å². The van der Waals surface area contributed by atoms with Crippen molar-refractivity contribution in [3.05, 3.63) is 66.0 Å². The standard InChI is InChI=1S/C25H24F3N7O/c1-15-4-6-35(7-5-15)14-16-8-18(11-29-10-16)17-2-3-20-19(9-17)23(34-33-20)24(36)32-22-13-30-21(12-31-22)25(26,27)28/h2-3,8-13,15H,4-7,14H2,1H3,(H,33,34)(H,31,32,36). The fourth-order valence-corrected chi connectivity index (χ4v) is 4.29. The Balaban J connectivity index is 1.35. The van der Waals surface area contributed by atoms with Crippen LogP contribution in [0.2, 0.25) is 0 Å². The third-order valence-electron chi connectivity index (χ3n) is 6.37. The van der Waals surface area contributed by atoms with Crippen molar-refractivity contribution in [2.75, 3.05) is 18.4 Å². The van der Waals surface area contributed by atoms with Crippen molar-refractivity contribution in [2.24, 2.45) is 5.92 Å². The van der Waals surface area contributed by atoms with E-state index in [-0.39, 0.29) is 11.5 Å². The maximum absolute atomic E-state index is 12.8. The van der Waals surface area contributed by atoms with Gasteiger partial charge < -0.3 is 5.32 Å². The van der Waals surface area contributed by atoms with Gasteiger partial charge in [-0.05, 0) is 61.2 Å². The van der Waals surface area contributed by atoms with Gasteiger partial charge in [-0.15, -0.1) is 0 Å². The number of piperidine rings is 1. The highest BCUT2D eigenvalue weighted by atomic mass is 19.4. The van der Waals surface area contributed by atoms with E-state index in [0.29, 0.717) is 17.1 Å². The molecule has 0 bridgehead atoms. The van der Waals surface area contributed by atoms with Crippen molar-refractivity contribution in [3.8, 4) is 11.1 Å². The van der Waals surface area contributed by atoms with Crippen LogP contribution in [0.4, 0.5) is 19.0 Å². The largest absolute Gasteiger partial charge is 0.434 e. The molecule has 1 aliphatic heterocycles. The molecular weight excluding hydrogens is 471 g/mol. The zero-order valence-corrected chi connectivity index (χ0v) is 19.5. The van der Waals surface area contributed by atoms with Gasteiger partial charge in [0.1, 0.15) is 0 Å². The molecular formula is C25H24F3N7O. The lowest BCUT2D eigenvalue weighted by Gasteiger charge is -2.30. The Labute approximate surface area is 205 Å². The number of carbonyl (C=O) groups is 1. The second kappa shape index (κ2) is 9.65. The molecule has 0 saturated carbocycles. The third-order valence-corrected chi connectivity index (χ3v) is 6.37. The summed E-state index contributed by atoms with van der Waals surface area (Å²) >= 11 is 0. The van der Waals surface area contributed by atoms with Crippen LogP contribution in [0, 0.1) is 5.92 Å². The van der Waals surface area contributed by atoms with E-state index < -0.39 is 17.8 Å². The number of hydrogen-bond donors (Lipinski definition) is 2. The van der Waals surface area contributed by atoms with Gasteiger partial charge in [-0.3, -0.25) is 19.8 Å². The number of likely N-dealkylation sites (tertiary alicyclic amines) is 1. The highest BCUT2D eigenvalue weighted by molar-refractivity contribution is 6.11. The number of aromatic amines is 1. The zero-order valence-electron chi connectivity index (χ0n) is 19.5. The van der Waals surface area contributed by atoms with E-state index >= 15 is 0 Å². The minimum Gasteiger partial charge on any atom is -0.304 e. The van der Waals surface area contributed by atoms with Crippen LogP contribution in [0.5, 0.6) is 0 Å². The number of benzene rings is 1. The molecule has 0 unspecified atom stereocenters. The van der Waals surface area contributed by atoms with Crippen molar-refractivity contribution in [1.29, 1.82) is 0 Å². The lowest BCUT2D eigenvalue weighted by atomic mass is 9.98. The first kappa shape index (κ1) is 23.9. The molecule has 0 radical (unpaired) electrons. The molecule has 0 spiro atoms. The van der Waals surface area contributed by atoms with Crippen LogP contribution in [-0.2, 0) is 12.7 Å². The molecule has 0 aliphatic carbocycles. The maximum Gasteiger partial charge on any atom is 0.434 e. The van der Waals surface area contributed by atoms with E-state index in [1.807, 2.05) is 24.4 Å². The Morgan fingerprint density at radius 3 is 2.61 bits per heavy atom. The number of anilines is 1. The van der Waals surface area contributed by atoms with Gasteiger partial charge in [0.15, 0.2) is 17.2 Å². The number of carbonyl (C=O) groups excluding carboxylic acids is 1. The van der Waals surface area contributed by atoms with Crippen LogP contribution >= 0.6 is 0 Å². The minimum atomic E-state index is -4.61. The van der Waals surface area contributed by atoms with Crippen LogP contribution in [0.1, 0.15) is 41.5 Å². The number of fused-ring (bicyclic) bond motifs is 1. The summed E-state index contributed by atoms with van der Waals surface area (Å²) in [5.41, 5.74) is 2.51. The maximum atomic E-state index is 12.8. The van der Waals surface area contributed by atoms with Gasteiger partial charge in [0.2, 0.25) is 0 Å². The molecule has 1 saturated heterocycles. The summed E-state index contributed by atoms with van der Waals surface area (Å²) < 4.78 is 38.1. The summed E-state index contributed by atoms with van der Waals surface area (Å²) in [4.78, 5) is 26.6. The normalized spacial score (nSPS) is 15.3. The van der Waals surface area contributed by atoms with Crippen LogP contribution < -0.4 is 5.32 Å². The van der Waals surface area contributed by atoms with E-state index in [9.17, 15) is 18.0 Å². The van der Waals surface area contributed by atoms with Crippen LogP contribution in [0.25, 0.3) is 22.0 Å². The summed E-state index contributed by atoms with van der Waals surface area (Å²) in [6.45, 7) is 5.28. The number of hydrogen-bond acceptors (Lipinski definition) is 6. The van der Waals surface area contributed by atoms with E-state index in [2.05, 4.69) is 48.4 Å². The Morgan fingerprint density at radius 1 is 1.08 bits per heavy atom. The van der Waals surface area contributed by atoms with E-state index in [4.69, 9.17) is 0 Å². The minimum absolute atomic E-state index is 0.0973. The SMILES string of the molecule is CC1CCN(Cc2cncc(-c3ccc4[nH]nc(C(=O)Nc5cnc(C(F)(F)F)cn5)c4c3)c2)CC1. The van der Waals surface area contributed by atoms with Gasteiger partial charge in [0.25, 0.3) is 5.91 Å². The van der Waals surface area contributed by atoms with Gasteiger partial charge in [-0.25, -0.2) is 9.97 Å². The van der Waals surface area contributed by atoms with Crippen molar-refractivity contribution < 1.29 is 18.0 Å². The Hall–Kier alpha value is -3.86. The number of alkyl halides is 3.